The summed E-state index contributed by atoms with van der Waals surface area (Å²) in [6, 6.07) is 12.9. The van der Waals surface area contributed by atoms with Crippen molar-refractivity contribution in [3.8, 4) is 0 Å². The Morgan fingerprint density at radius 3 is 2.31 bits per heavy atom. The highest BCUT2D eigenvalue weighted by molar-refractivity contribution is 7.92. The molecule has 0 radical (unpaired) electrons. The largest absolute Gasteiger partial charge is 0.378 e. The number of hydrogen-bond donors (Lipinski definition) is 1. The summed E-state index contributed by atoms with van der Waals surface area (Å²) < 4.78 is 31.0. The van der Waals surface area contributed by atoms with Crippen molar-refractivity contribution in [2.24, 2.45) is 0 Å². The van der Waals surface area contributed by atoms with Crippen LogP contribution >= 0.6 is 0 Å². The van der Waals surface area contributed by atoms with Crippen LogP contribution in [-0.2, 0) is 19.6 Å². The fourth-order valence-corrected chi connectivity index (χ4v) is 4.04. The Labute approximate surface area is 172 Å². The third-order valence-electron chi connectivity index (χ3n) is 4.99. The maximum absolute atomic E-state index is 12.5. The quantitative estimate of drug-likeness (QED) is 0.781. The Morgan fingerprint density at radius 1 is 1.07 bits per heavy atom. The number of carbonyl (C=O) groups excluding carboxylic acids is 1. The lowest BCUT2D eigenvalue weighted by Gasteiger charge is -2.29. The smallest absolute Gasteiger partial charge is 0.245 e. The molecule has 3 rings (SSSR count). The first-order valence-electron chi connectivity index (χ1n) is 9.51. The fraction of sp³-hybridized carbons (Fsp3) is 0.381. The van der Waals surface area contributed by atoms with E-state index in [1.54, 1.807) is 12.1 Å². The molecule has 0 aromatic heterocycles. The van der Waals surface area contributed by atoms with Crippen LogP contribution in [0.15, 0.2) is 42.5 Å². The van der Waals surface area contributed by atoms with Crippen LogP contribution in [0.3, 0.4) is 0 Å². The number of nitrogens with one attached hydrogen (secondary N) is 1. The molecule has 29 heavy (non-hydrogen) atoms. The zero-order valence-electron chi connectivity index (χ0n) is 17.0. The van der Waals surface area contributed by atoms with E-state index in [9.17, 15) is 13.2 Å². The van der Waals surface area contributed by atoms with E-state index >= 15 is 0 Å². The van der Waals surface area contributed by atoms with E-state index in [1.165, 1.54) is 0 Å². The van der Waals surface area contributed by atoms with Crippen molar-refractivity contribution >= 4 is 33.0 Å². The highest BCUT2D eigenvalue weighted by Gasteiger charge is 2.21. The molecule has 1 aliphatic rings. The standard InChI is InChI=1S/C21H27N3O4S/c1-16-4-7-20(14-17(16)2)24(29(3,26)27)15-21(25)22-18-5-8-19(9-6-18)23-10-12-28-13-11-23/h4-9,14H,10-13,15H2,1-3H3,(H,22,25). The number of morpholine rings is 1. The van der Waals surface area contributed by atoms with Crippen molar-refractivity contribution in [1.29, 1.82) is 0 Å². The summed E-state index contributed by atoms with van der Waals surface area (Å²) in [5.74, 6) is -0.396. The van der Waals surface area contributed by atoms with Gasteiger partial charge in [0, 0.05) is 24.5 Å². The van der Waals surface area contributed by atoms with Gasteiger partial charge in [0.2, 0.25) is 15.9 Å². The first-order valence-corrected chi connectivity index (χ1v) is 11.4. The topological polar surface area (TPSA) is 79.0 Å². The summed E-state index contributed by atoms with van der Waals surface area (Å²) in [7, 11) is -3.60. The van der Waals surface area contributed by atoms with Gasteiger partial charge in [-0.1, -0.05) is 6.07 Å². The number of sulfonamides is 1. The van der Waals surface area contributed by atoms with Crippen molar-refractivity contribution in [2.45, 2.75) is 13.8 Å². The summed E-state index contributed by atoms with van der Waals surface area (Å²) in [4.78, 5) is 14.8. The third kappa shape index (κ3) is 5.48. The fourth-order valence-electron chi connectivity index (χ4n) is 3.19. The van der Waals surface area contributed by atoms with Gasteiger partial charge in [0.05, 0.1) is 25.2 Å². The molecule has 1 heterocycles. The molecular weight excluding hydrogens is 390 g/mol. The SMILES string of the molecule is Cc1ccc(N(CC(=O)Nc2ccc(N3CCOCC3)cc2)S(C)(=O)=O)cc1C. The predicted octanol–water partition coefficient (Wildman–Crippen LogP) is 2.54. The molecule has 0 atom stereocenters. The Morgan fingerprint density at radius 2 is 1.72 bits per heavy atom. The summed E-state index contributed by atoms with van der Waals surface area (Å²) in [5.41, 5.74) is 4.20. The monoisotopic (exact) mass is 417 g/mol. The maximum atomic E-state index is 12.5. The summed E-state index contributed by atoms with van der Waals surface area (Å²) in [5, 5.41) is 2.78. The molecule has 1 N–H and O–H groups in total. The van der Waals surface area contributed by atoms with Crippen molar-refractivity contribution in [3.63, 3.8) is 0 Å². The summed E-state index contributed by atoms with van der Waals surface area (Å²) in [6.45, 7) is 6.67. The molecule has 1 saturated heterocycles. The number of aryl methyl sites for hydroxylation is 2. The Balaban J connectivity index is 1.69. The highest BCUT2D eigenvalue weighted by atomic mass is 32.2. The molecule has 2 aromatic rings. The molecule has 0 unspecified atom stereocenters. The Kier molecular flexibility index (Phi) is 6.44. The Bertz CT molecular complexity index is 968. The van der Waals surface area contributed by atoms with Gasteiger partial charge < -0.3 is 15.0 Å². The minimum atomic E-state index is -3.60. The lowest BCUT2D eigenvalue weighted by Crippen LogP contribution is -2.37. The number of benzene rings is 2. The van der Waals surface area contributed by atoms with E-state index in [2.05, 4.69) is 10.2 Å². The first-order chi connectivity index (χ1) is 13.7. The van der Waals surface area contributed by atoms with Gasteiger partial charge in [-0.3, -0.25) is 9.10 Å². The molecule has 0 bridgehead atoms. The van der Waals surface area contributed by atoms with Gasteiger partial charge in [0.15, 0.2) is 0 Å². The molecule has 0 spiro atoms. The molecule has 1 aliphatic heterocycles. The molecule has 0 saturated carbocycles. The molecular formula is C21H27N3O4S. The molecule has 156 valence electrons. The van der Waals surface area contributed by atoms with Crippen molar-refractivity contribution in [3.05, 3.63) is 53.6 Å². The number of hydrogen-bond acceptors (Lipinski definition) is 5. The molecule has 7 nitrogen and oxygen atoms in total. The van der Waals surface area contributed by atoms with Gasteiger partial charge in [-0.2, -0.15) is 0 Å². The normalized spacial score (nSPS) is 14.5. The molecule has 8 heteroatoms. The average Bonchev–Trinajstić information content (AvgIpc) is 2.69. The van der Waals surface area contributed by atoms with E-state index < -0.39 is 15.9 Å². The van der Waals surface area contributed by atoms with E-state index in [1.807, 2.05) is 44.2 Å². The van der Waals surface area contributed by atoms with Gasteiger partial charge >= 0.3 is 0 Å². The maximum Gasteiger partial charge on any atom is 0.245 e. The van der Waals surface area contributed by atoms with Gasteiger partial charge in [0.1, 0.15) is 6.54 Å². The summed E-state index contributed by atoms with van der Waals surface area (Å²) in [6.07, 6.45) is 1.10. The number of rotatable bonds is 6. The van der Waals surface area contributed by atoms with Crippen LogP contribution < -0.4 is 14.5 Å². The van der Waals surface area contributed by atoms with Crippen molar-refractivity contribution in [2.75, 3.05) is 53.6 Å². The second-order valence-corrected chi connectivity index (χ2v) is 9.14. The summed E-state index contributed by atoms with van der Waals surface area (Å²) >= 11 is 0. The third-order valence-corrected chi connectivity index (χ3v) is 6.13. The van der Waals surface area contributed by atoms with Gasteiger partial charge in [0.25, 0.3) is 0 Å². The molecule has 0 aliphatic carbocycles. The molecule has 2 aromatic carbocycles. The van der Waals surface area contributed by atoms with Crippen LogP contribution in [0.4, 0.5) is 17.1 Å². The van der Waals surface area contributed by atoms with E-state index in [0.29, 0.717) is 24.6 Å². The van der Waals surface area contributed by atoms with Gasteiger partial charge in [-0.15, -0.1) is 0 Å². The zero-order chi connectivity index (χ0) is 21.0. The van der Waals surface area contributed by atoms with Crippen molar-refractivity contribution < 1.29 is 17.9 Å². The number of anilines is 3. The minimum absolute atomic E-state index is 0.285. The second-order valence-electron chi connectivity index (χ2n) is 7.23. The lowest BCUT2D eigenvalue weighted by molar-refractivity contribution is -0.114. The van der Waals surface area contributed by atoms with Crippen LogP contribution in [0.5, 0.6) is 0 Å². The predicted molar refractivity (Wildman–Crippen MR) is 116 cm³/mol. The van der Waals surface area contributed by atoms with E-state index in [4.69, 9.17) is 4.74 Å². The zero-order valence-corrected chi connectivity index (χ0v) is 17.8. The van der Waals surface area contributed by atoms with Crippen LogP contribution in [-0.4, -0.2) is 53.4 Å². The lowest BCUT2D eigenvalue weighted by atomic mass is 10.1. The number of ether oxygens (including phenoxy) is 1. The first kappa shape index (κ1) is 21.1. The molecule has 1 amide bonds. The van der Waals surface area contributed by atoms with E-state index in [0.717, 1.165) is 40.5 Å². The Hall–Kier alpha value is -2.58. The van der Waals surface area contributed by atoms with Crippen LogP contribution in [0.1, 0.15) is 11.1 Å². The van der Waals surface area contributed by atoms with Crippen LogP contribution in [0.25, 0.3) is 0 Å². The minimum Gasteiger partial charge on any atom is -0.378 e. The second kappa shape index (κ2) is 8.84. The average molecular weight is 418 g/mol. The molecule has 1 fully saturated rings. The number of amides is 1. The highest BCUT2D eigenvalue weighted by Crippen LogP contribution is 2.22. The van der Waals surface area contributed by atoms with E-state index in [-0.39, 0.29) is 6.54 Å². The number of nitrogens with zero attached hydrogens (tertiary/aromatic N) is 2. The van der Waals surface area contributed by atoms with Gasteiger partial charge in [-0.05, 0) is 61.4 Å². The van der Waals surface area contributed by atoms with Gasteiger partial charge in [-0.25, -0.2) is 8.42 Å². The van der Waals surface area contributed by atoms with Crippen LogP contribution in [0.2, 0.25) is 0 Å². The van der Waals surface area contributed by atoms with Crippen molar-refractivity contribution in [1.82, 2.24) is 0 Å². The van der Waals surface area contributed by atoms with Crippen LogP contribution in [0, 0.1) is 13.8 Å². The number of carbonyl (C=O) groups is 1.